The summed E-state index contributed by atoms with van der Waals surface area (Å²) >= 11 is 0. The van der Waals surface area contributed by atoms with Crippen molar-refractivity contribution in [2.45, 2.75) is 39.2 Å². The molecule has 0 aliphatic carbocycles. The smallest absolute Gasteiger partial charge is 0.406 e. The monoisotopic (exact) mass is 418 g/mol. The van der Waals surface area contributed by atoms with Gasteiger partial charge >= 0.3 is 6.36 Å². The van der Waals surface area contributed by atoms with Crippen LogP contribution in [0.3, 0.4) is 0 Å². The Morgan fingerprint density at radius 2 is 2.10 bits per heavy atom. The van der Waals surface area contributed by atoms with Crippen LogP contribution in [-0.4, -0.2) is 48.0 Å². The molecule has 11 heteroatoms. The van der Waals surface area contributed by atoms with Gasteiger partial charge < -0.3 is 14.2 Å². The van der Waals surface area contributed by atoms with Crippen LogP contribution in [0.15, 0.2) is 24.5 Å². The van der Waals surface area contributed by atoms with E-state index in [1.165, 1.54) is 12.1 Å². The van der Waals surface area contributed by atoms with E-state index in [9.17, 15) is 18.0 Å². The highest BCUT2D eigenvalue weighted by Gasteiger charge is 2.32. The van der Waals surface area contributed by atoms with Crippen molar-refractivity contribution in [1.82, 2.24) is 29.2 Å². The predicted octanol–water partition coefficient (Wildman–Crippen LogP) is 2.82. The number of alkyl halides is 3. The fourth-order valence-corrected chi connectivity index (χ4v) is 3.91. The van der Waals surface area contributed by atoms with Crippen LogP contribution in [0.2, 0.25) is 0 Å². The molecule has 0 radical (unpaired) electrons. The lowest BCUT2D eigenvalue weighted by Crippen LogP contribution is -2.24. The zero-order valence-electron chi connectivity index (χ0n) is 16.0. The number of fused-ring (bicyclic) bond motifs is 5. The summed E-state index contributed by atoms with van der Waals surface area (Å²) in [6.45, 7) is 3.13. The maximum absolute atomic E-state index is 12.8. The Balaban J connectivity index is 1.62. The Labute approximate surface area is 168 Å². The molecule has 1 aromatic carbocycles. The van der Waals surface area contributed by atoms with Gasteiger partial charge in [-0.3, -0.25) is 4.79 Å². The lowest BCUT2D eigenvalue weighted by atomic mass is 10.1. The zero-order valence-corrected chi connectivity index (χ0v) is 16.0. The Morgan fingerprint density at radius 3 is 2.83 bits per heavy atom. The van der Waals surface area contributed by atoms with Crippen LogP contribution in [0.1, 0.15) is 30.1 Å². The molecule has 4 heterocycles. The molecule has 156 valence electrons. The van der Waals surface area contributed by atoms with E-state index >= 15 is 0 Å². The molecule has 2 aliphatic rings. The van der Waals surface area contributed by atoms with Crippen molar-refractivity contribution in [3.8, 4) is 22.8 Å². The van der Waals surface area contributed by atoms with Gasteiger partial charge in [0.1, 0.15) is 5.75 Å². The highest BCUT2D eigenvalue weighted by Crippen LogP contribution is 2.35. The summed E-state index contributed by atoms with van der Waals surface area (Å²) < 4.78 is 45.8. The molecule has 0 N–H and O–H groups in total. The molecule has 0 atom stereocenters. The Bertz CT molecular complexity index is 1150. The Morgan fingerprint density at radius 1 is 1.27 bits per heavy atom. The molecule has 0 bridgehead atoms. The van der Waals surface area contributed by atoms with Crippen LogP contribution in [-0.2, 0) is 17.9 Å². The highest BCUT2D eigenvalue weighted by molar-refractivity contribution is 5.78. The van der Waals surface area contributed by atoms with Crippen molar-refractivity contribution in [3.05, 3.63) is 41.7 Å². The van der Waals surface area contributed by atoms with Crippen LogP contribution in [0, 0.1) is 6.92 Å². The number of amides is 1. The van der Waals surface area contributed by atoms with Gasteiger partial charge in [0.2, 0.25) is 5.91 Å². The van der Waals surface area contributed by atoms with E-state index in [1.807, 2.05) is 11.5 Å². The molecule has 1 amide bonds. The first kappa shape index (κ1) is 18.6. The average Bonchev–Trinajstić information content (AvgIpc) is 3.34. The second-order valence-electron chi connectivity index (χ2n) is 7.30. The van der Waals surface area contributed by atoms with E-state index in [1.54, 1.807) is 22.0 Å². The van der Waals surface area contributed by atoms with Gasteiger partial charge in [0.05, 0.1) is 36.5 Å². The maximum Gasteiger partial charge on any atom is 0.573 e. The number of nitrogens with zero attached hydrogens (tertiary/aromatic N) is 6. The largest absolute Gasteiger partial charge is 0.573 e. The molecule has 2 aromatic heterocycles. The number of hydrogen-bond donors (Lipinski definition) is 0. The number of hydrogen-bond acceptors (Lipinski definition) is 5. The molecule has 5 rings (SSSR count). The number of rotatable bonds is 3. The van der Waals surface area contributed by atoms with Crippen LogP contribution < -0.4 is 4.74 Å². The first-order chi connectivity index (χ1) is 14.3. The second kappa shape index (κ2) is 6.57. The van der Waals surface area contributed by atoms with Crippen molar-refractivity contribution >= 4 is 5.91 Å². The van der Waals surface area contributed by atoms with E-state index in [0.29, 0.717) is 42.4 Å². The van der Waals surface area contributed by atoms with Crippen molar-refractivity contribution < 1.29 is 22.7 Å². The topological polar surface area (TPSA) is 78.1 Å². The molecule has 3 aromatic rings. The van der Waals surface area contributed by atoms with Crippen molar-refractivity contribution in [1.29, 1.82) is 0 Å². The van der Waals surface area contributed by atoms with Gasteiger partial charge in [-0.2, -0.15) is 5.10 Å². The molecule has 30 heavy (non-hydrogen) atoms. The van der Waals surface area contributed by atoms with Gasteiger partial charge in [0.15, 0.2) is 11.6 Å². The van der Waals surface area contributed by atoms with Gasteiger partial charge in [0, 0.05) is 18.5 Å². The van der Waals surface area contributed by atoms with Crippen molar-refractivity contribution in [2.75, 3.05) is 6.54 Å². The van der Waals surface area contributed by atoms with Crippen molar-refractivity contribution in [2.24, 2.45) is 0 Å². The summed E-state index contributed by atoms with van der Waals surface area (Å²) in [4.78, 5) is 22.5. The normalized spacial score (nSPS) is 15.6. The highest BCUT2D eigenvalue weighted by atomic mass is 19.4. The number of likely N-dealkylation sites (tertiary alicyclic amines) is 1. The molecule has 0 unspecified atom stereocenters. The fraction of sp³-hybridized carbons (Fsp3) is 0.368. The number of ether oxygens (including phenoxy) is 1. The number of carbonyl (C=O) groups excluding carboxylic acids is 1. The summed E-state index contributed by atoms with van der Waals surface area (Å²) in [6, 6.07) is 4.12. The van der Waals surface area contributed by atoms with Crippen LogP contribution in [0.25, 0.3) is 17.1 Å². The third-order valence-electron chi connectivity index (χ3n) is 5.30. The number of imidazole rings is 1. The van der Waals surface area contributed by atoms with E-state index in [-0.39, 0.29) is 18.2 Å². The Hall–Kier alpha value is -3.37. The van der Waals surface area contributed by atoms with Crippen molar-refractivity contribution in [3.63, 3.8) is 0 Å². The minimum absolute atomic E-state index is 0.0511. The first-order valence-corrected chi connectivity index (χ1v) is 9.43. The predicted molar refractivity (Wildman–Crippen MR) is 97.8 cm³/mol. The third kappa shape index (κ3) is 3.19. The minimum Gasteiger partial charge on any atom is -0.406 e. The summed E-state index contributed by atoms with van der Waals surface area (Å²) in [6.07, 6.45) is -1.87. The summed E-state index contributed by atoms with van der Waals surface area (Å²) in [7, 11) is 0. The van der Waals surface area contributed by atoms with E-state index in [2.05, 4.69) is 19.8 Å². The zero-order chi connectivity index (χ0) is 21.0. The first-order valence-electron chi connectivity index (χ1n) is 9.43. The molecule has 0 saturated carbocycles. The van der Waals surface area contributed by atoms with Gasteiger partial charge in [0.25, 0.3) is 0 Å². The summed E-state index contributed by atoms with van der Waals surface area (Å²) in [5.74, 6) is 0.573. The van der Waals surface area contributed by atoms with Crippen LogP contribution in [0.4, 0.5) is 13.2 Å². The molecule has 2 aliphatic heterocycles. The average molecular weight is 418 g/mol. The van der Waals surface area contributed by atoms with Gasteiger partial charge in [-0.25, -0.2) is 14.6 Å². The number of aromatic nitrogens is 5. The molecule has 1 fully saturated rings. The number of aryl methyl sites for hydroxylation is 1. The second-order valence-corrected chi connectivity index (χ2v) is 7.30. The minimum atomic E-state index is -4.80. The lowest BCUT2D eigenvalue weighted by Gasteiger charge is -2.13. The number of benzene rings is 1. The maximum atomic E-state index is 12.8. The SMILES string of the molecule is Cc1ncn2c1Cn1nc(CN3CCCC3=O)nc1-c1cc(OC(F)(F)F)ccc1-2. The van der Waals surface area contributed by atoms with E-state index in [0.717, 1.165) is 17.8 Å². The molecule has 1 saturated heterocycles. The van der Waals surface area contributed by atoms with Gasteiger partial charge in [-0.1, -0.05) is 0 Å². The van der Waals surface area contributed by atoms with Crippen LogP contribution in [0.5, 0.6) is 5.75 Å². The molecular formula is C19H17F3N6O2. The number of halogens is 3. The van der Waals surface area contributed by atoms with Gasteiger partial charge in [-0.05, 0) is 31.5 Å². The Kier molecular flexibility index (Phi) is 4.09. The molecular weight excluding hydrogens is 401 g/mol. The standard InChI is InChI=1S/C19H17F3N6O2/c1-11-15-8-28-18(24-16(25-28)9-26-6-2-3-17(26)29)13-7-12(30-19(20,21)22)4-5-14(13)27(15)10-23-11/h4-5,7,10H,2-3,6,8-9H2,1H3. The van der Waals surface area contributed by atoms with Crippen LogP contribution >= 0.6 is 0 Å². The molecule has 8 nitrogen and oxygen atoms in total. The summed E-state index contributed by atoms with van der Waals surface area (Å²) in [5.41, 5.74) is 2.72. The quantitative estimate of drug-likeness (QED) is 0.511. The van der Waals surface area contributed by atoms with E-state index < -0.39 is 6.36 Å². The van der Waals surface area contributed by atoms with Gasteiger partial charge in [-0.15, -0.1) is 13.2 Å². The fourth-order valence-electron chi connectivity index (χ4n) is 3.91. The molecule has 0 spiro atoms. The lowest BCUT2D eigenvalue weighted by molar-refractivity contribution is -0.274. The van der Waals surface area contributed by atoms with E-state index in [4.69, 9.17) is 0 Å². The number of carbonyl (C=O) groups is 1. The summed E-state index contributed by atoms with van der Waals surface area (Å²) in [5, 5.41) is 4.54. The third-order valence-corrected chi connectivity index (χ3v) is 5.30.